The van der Waals surface area contributed by atoms with Gasteiger partial charge in [0, 0.05) is 16.8 Å². The first-order valence-electron chi connectivity index (χ1n) is 5.37. The predicted octanol–water partition coefficient (Wildman–Crippen LogP) is 2.34. The third-order valence-electron chi connectivity index (χ3n) is 3.02. The zero-order valence-corrected chi connectivity index (χ0v) is 11.1. The van der Waals surface area contributed by atoms with E-state index < -0.39 is 0 Å². The Balaban J connectivity index is 2.30. The third kappa shape index (κ3) is 1.45. The molecule has 0 N–H and O–H groups in total. The molecular formula is C11H11BrN2OS. The van der Waals surface area contributed by atoms with Crippen LogP contribution < -0.4 is 5.56 Å². The molecule has 0 spiro atoms. The van der Waals surface area contributed by atoms with E-state index in [1.165, 1.54) is 16.9 Å². The smallest absolute Gasteiger partial charge is 0.262 e. The Hall–Kier alpha value is -0.680. The van der Waals surface area contributed by atoms with Crippen molar-refractivity contribution >= 4 is 37.5 Å². The van der Waals surface area contributed by atoms with Crippen molar-refractivity contribution in [2.24, 2.45) is 0 Å². The molecule has 5 heteroatoms. The van der Waals surface area contributed by atoms with Gasteiger partial charge in [0.25, 0.3) is 5.56 Å². The molecule has 84 valence electrons. The minimum Gasteiger partial charge on any atom is -0.298 e. The van der Waals surface area contributed by atoms with Crippen molar-refractivity contribution in [3.8, 4) is 0 Å². The van der Waals surface area contributed by atoms with E-state index in [0.29, 0.717) is 6.54 Å². The van der Waals surface area contributed by atoms with E-state index in [4.69, 9.17) is 0 Å². The Labute approximate surface area is 105 Å². The third-order valence-corrected chi connectivity index (χ3v) is 4.57. The van der Waals surface area contributed by atoms with Gasteiger partial charge in [0.15, 0.2) is 0 Å². The fourth-order valence-corrected chi connectivity index (χ4v) is 3.87. The van der Waals surface area contributed by atoms with Gasteiger partial charge in [0.1, 0.15) is 4.83 Å². The molecule has 0 bridgehead atoms. The van der Waals surface area contributed by atoms with E-state index in [1.54, 1.807) is 22.2 Å². The van der Waals surface area contributed by atoms with E-state index in [-0.39, 0.29) is 5.56 Å². The van der Waals surface area contributed by atoms with Crippen LogP contribution in [0.2, 0.25) is 0 Å². The highest BCUT2D eigenvalue weighted by atomic mass is 79.9. The molecule has 2 heterocycles. The van der Waals surface area contributed by atoms with Gasteiger partial charge in [-0.2, -0.15) is 0 Å². The second-order valence-electron chi connectivity index (χ2n) is 3.97. The van der Waals surface area contributed by atoms with Crippen LogP contribution in [0.4, 0.5) is 0 Å². The van der Waals surface area contributed by atoms with Crippen molar-refractivity contribution in [2.45, 2.75) is 25.8 Å². The zero-order valence-electron chi connectivity index (χ0n) is 8.70. The van der Waals surface area contributed by atoms with Crippen LogP contribution in [0.3, 0.4) is 0 Å². The average Bonchev–Trinajstić information content (AvgIpc) is 2.81. The van der Waals surface area contributed by atoms with Gasteiger partial charge in [-0.15, -0.1) is 11.3 Å². The quantitative estimate of drug-likeness (QED) is 0.798. The van der Waals surface area contributed by atoms with Gasteiger partial charge in [0.05, 0.1) is 11.7 Å². The van der Waals surface area contributed by atoms with Crippen LogP contribution in [0.25, 0.3) is 10.2 Å². The molecule has 3 rings (SSSR count). The Morgan fingerprint density at radius 2 is 2.38 bits per heavy atom. The molecule has 16 heavy (non-hydrogen) atoms. The number of aromatic nitrogens is 2. The summed E-state index contributed by atoms with van der Waals surface area (Å²) in [5.74, 6) is 0. The van der Waals surface area contributed by atoms with E-state index >= 15 is 0 Å². The Kier molecular flexibility index (Phi) is 2.59. The number of thiophene rings is 1. The fraction of sp³-hybridized carbons (Fsp3) is 0.455. The second kappa shape index (κ2) is 3.96. The molecule has 0 fully saturated rings. The van der Waals surface area contributed by atoms with Crippen molar-refractivity contribution in [3.63, 3.8) is 0 Å². The van der Waals surface area contributed by atoms with Gasteiger partial charge < -0.3 is 0 Å². The summed E-state index contributed by atoms with van der Waals surface area (Å²) < 4.78 is 1.70. The fourth-order valence-electron chi connectivity index (χ4n) is 2.27. The van der Waals surface area contributed by atoms with Crippen molar-refractivity contribution in [1.29, 1.82) is 0 Å². The summed E-state index contributed by atoms with van der Waals surface area (Å²) in [6, 6.07) is 0. The molecule has 0 aromatic carbocycles. The summed E-state index contributed by atoms with van der Waals surface area (Å²) in [6.45, 7) is 0.687. The summed E-state index contributed by atoms with van der Waals surface area (Å²) in [7, 11) is 0. The highest BCUT2D eigenvalue weighted by Crippen LogP contribution is 2.34. The number of alkyl halides is 1. The van der Waals surface area contributed by atoms with Gasteiger partial charge in [-0.1, -0.05) is 15.9 Å². The number of fused-ring (bicyclic) bond motifs is 3. The van der Waals surface area contributed by atoms with Crippen LogP contribution in [0.15, 0.2) is 11.1 Å². The maximum absolute atomic E-state index is 12.2. The normalized spacial score (nSPS) is 14.6. The number of hydrogen-bond donors (Lipinski definition) is 0. The number of halogens is 1. The Bertz CT molecular complexity index is 602. The van der Waals surface area contributed by atoms with E-state index in [2.05, 4.69) is 20.9 Å². The summed E-state index contributed by atoms with van der Waals surface area (Å²) in [5, 5.41) is 1.66. The summed E-state index contributed by atoms with van der Waals surface area (Å²) >= 11 is 5.04. The highest BCUT2D eigenvalue weighted by Gasteiger charge is 2.20. The van der Waals surface area contributed by atoms with Gasteiger partial charge >= 0.3 is 0 Å². The molecule has 1 aliphatic rings. The lowest BCUT2D eigenvalue weighted by atomic mass is 10.2. The van der Waals surface area contributed by atoms with Gasteiger partial charge in [-0.25, -0.2) is 4.98 Å². The summed E-state index contributed by atoms with van der Waals surface area (Å²) in [4.78, 5) is 18.9. The molecule has 1 aliphatic carbocycles. The molecule has 2 aromatic heterocycles. The van der Waals surface area contributed by atoms with Crippen molar-refractivity contribution in [1.82, 2.24) is 9.55 Å². The topological polar surface area (TPSA) is 34.9 Å². The van der Waals surface area contributed by atoms with E-state index in [1.807, 2.05) is 0 Å². The zero-order chi connectivity index (χ0) is 11.1. The van der Waals surface area contributed by atoms with Crippen LogP contribution in [0, 0.1) is 0 Å². The predicted molar refractivity (Wildman–Crippen MR) is 69.7 cm³/mol. The first-order valence-corrected chi connectivity index (χ1v) is 7.30. The second-order valence-corrected chi connectivity index (χ2v) is 5.85. The van der Waals surface area contributed by atoms with Crippen LogP contribution in [0.1, 0.15) is 16.9 Å². The molecule has 0 unspecified atom stereocenters. The maximum Gasteiger partial charge on any atom is 0.262 e. The SMILES string of the molecule is O=c1c2c3c(sc2ncn1CCBr)CCC3. The lowest BCUT2D eigenvalue weighted by Crippen LogP contribution is -2.21. The van der Waals surface area contributed by atoms with Crippen LogP contribution in [-0.2, 0) is 19.4 Å². The summed E-state index contributed by atoms with van der Waals surface area (Å²) in [6.07, 6.45) is 5.01. The molecule has 0 radical (unpaired) electrons. The molecule has 2 aromatic rings. The monoisotopic (exact) mass is 298 g/mol. The lowest BCUT2D eigenvalue weighted by Gasteiger charge is -2.02. The maximum atomic E-state index is 12.2. The molecular weight excluding hydrogens is 288 g/mol. The summed E-state index contributed by atoms with van der Waals surface area (Å²) in [5.41, 5.74) is 1.39. The molecule has 3 nitrogen and oxygen atoms in total. The minimum absolute atomic E-state index is 0.129. The number of hydrogen-bond acceptors (Lipinski definition) is 3. The van der Waals surface area contributed by atoms with Gasteiger partial charge in [-0.05, 0) is 24.8 Å². The molecule has 0 saturated heterocycles. The molecule has 0 atom stereocenters. The van der Waals surface area contributed by atoms with E-state index in [9.17, 15) is 4.79 Å². The number of aryl methyl sites for hydroxylation is 3. The first-order chi connectivity index (χ1) is 7.81. The van der Waals surface area contributed by atoms with E-state index in [0.717, 1.165) is 28.4 Å². The number of rotatable bonds is 2. The number of nitrogens with zero attached hydrogens (tertiary/aromatic N) is 2. The molecule has 0 saturated carbocycles. The van der Waals surface area contributed by atoms with Gasteiger partial charge in [0.2, 0.25) is 0 Å². The first kappa shape index (κ1) is 10.5. The largest absolute Gasteiger partial charge is 0.298 e. The van der Waals surface area contributed by atoms with Crippen LogP contribution in [-0.4, -0.2) is 14.9 Å². The van der Waals surface area contributed by atoms with Crippen molar-refractivity contribution in [3.05, 3.63) is 27.1 Å². The van der Waals surface area contributed by atoms with Gasteiger partial charge in [-0.3, -0.25) is 9.36 Å². The Morgan fingerprint density at radius 3 is 3.19 bits per heavy atom. The average molecular weight is 299 g/mol. The highest BCUT2D eigenvalue weighted by molar-refractivity contribution is 9.09. The molecule has 0 aliphatic heterocycles. The molecule has 0 amide bonds. The van der Waals surface area contributed by atoms with Crippen LogP contribution >= 0.6 is 27.3 Å². The van der Waals surface area contributed by atoms with Crippen molar-refractivity contribution < 1.29 is 0 Å². The van der Waals surface area contributed by atoms with Crippen molar-refractivity contribution in [2.75, 3.05) is 5.33 Å². The standard InChI is InChI=1S/C11H11BrN2OS/c12-4-5-14-6-13-10-9(11(14)15)7-2-1-3-8(7)16-10/h6H,1-5H2. The van der Waals surface area contributed by atoms with Crippen LogP contribution in [0.5, 0.6) is 0 Å². The lowest BCUT2D eigenvalue weighted by molar-refractivity contribution is 0.728. The minimum atomic E-state index is 0.129. The Morgan fingerprint density at radius 1 is 1.50 bits per heavy atom.